The molecule has 0 saturated heterocycles. The van der Waals surface area contributed by atoms with Gasteiger partial charge in [0.25, 0.3) is 5.56 Å². The third-order valence-electron chi connectivity index (χ3n) is 4.74. The fourth-order valence-corrected chi connectivity index (χ4v) is 4.44. The second-order valence-corrected chi connectivity index (χ2v) is 9.55. The SMILES string of the molecule is CSC(C)(SC)c1cc2c(Cl)cc(F)c(-n3c(=O)cc(C(F)(F)F)n(C)c3=O)c2o1. The van der Waals surface area contributed by atoms with Crippen molar-refractivity contribution in [2.75, 3.05) is 12.5 Å². The quantitative estimate of drug-likeness (QED) is 0.387. The monoisotopic (exact) mass is 482 g/mol. The van der Waals surface area contributed by atoms with Gasteiger partial charge >= 0.3 is 11.9 Å². The van der Waals surface area contributed by atoms with Gasteiger partial charge in [0.1, 0.15) is 21.2 Å². The highest BCUT2D eigenvalue weighted by Gasteiger charge is 2.36. The van der Waals surface area contributed by atoms with Crippen LogP contribution in [0.4, 0.5) is 17.6 Å². The van der Waals surface area contributed by atoms with Crippen molar-refractivity contribution < 1.29 is 22.0 Å². The van der Waals surface area contributed by atoms with Crippen LogP contribution in [0.1, 0.15) is 18.4 Å². The van der Waals surface area contributed by atoms with Gasteiger partial charge in [0.2, 0.25) is 0 Å². The van der Waals surface area contributed by atoms with Crippen LogP contribution in [0.2, 0.25) is 5.02 Å². The first kappa shape index (κ1) is 22.8. The molecule has 162 valence electrons. The summed E-state index contributed by atoms with van der Waals surface area (Å²) in [5.74, 6) is -0.689. The van der Waals surface area contributed by atoms with Gasteiger partial charge in [-0.25, -0.2) is 13.8 Å². The largest absolute Gasteiger partial charge is 0.456 e. The van der Waals surface area contributed by atoms with Gasteiger partial charge in [-0.3, -0.25) is 9.36 Å². The maximum Gasteiger partial charge on any atom is 0.431 e. The molecular formula is C18H15ClF4N2O3S2. The van der Waals surface area contributed by atoms with Crippen LogP contribution in [0.3, 0.4) is 0 Å². The lowest BCUT2D eigenvalue weighted by Gasteiger charge is -2.22. The van der Waals surface area contributed by atoms with Gasteiger partial charge in [-0.05, 0) is 31.6 Å². The van der Waals surface area contributed by atoms with E-state index in [2.05, 4.69) is 0 Å². The number of fused-ring (bicyclic) bond motifs is 1. The van der Waals surface area contributed by atoms with Crippen molar-refractivity contribution in [3.05, 3.63) is 61.3 Å². The Morgan fingerprint density at radius 3 is 2.23 bits per heavy atom. The molecule has 0 spiro atoms. The van der Waals surface area contributed by atoms with Crippen LogP contribution < -0.4 is 11.2 Å². The number of benzene rings is 1. The molecule has 3 rings (SSSR count). The van der Waals surface area contributed by atoms with E-state index in [0.29, 0.717) is 10.3 Å². The highest BCUT2D eigenvalue weighted by Crippen LogP contribution is 2.47. The molecule has 2 heterocycles. The van der Waals surface area contributed by atoms with Gasteiger partial charge in [0, 0.05) is 18.5 Å². The molecule has 12 heteroatoms. The van der Waals surface area contributed by atoms with E-state index < -0.39 is 38.7 Å². The number of furan rings is 1. The van der Waals surface area contributed by atoms with Crippen molar-refractivity contribution >= 4 is 46.1 Å². The molecule has 2 aromatic heterocycles. The van der Waals surface area contributed by atoms with Crippen LogP contribution in [0.25, 0.3) is 16.7 Å². The minimum Gasteiger partial charge on any atom is -0.456 e. The summed E-state index contributed by atoms with van der Waals surface area (Å²) in [5, 5.41) is 0.203. The molecule has 0 amide bonds. The van der Waals surface area contributed by atoms with Gasteiger partial charge in [0.05, 0.1) is 5.02 Å². The lowest BCUT2D eigenvalue weighted by Crippen LogP contribution is -2.41. The summed E-state index contributed by atoms with van der Waals surface area (Å²) in [4.78, 5) is 25.1. The van der Waals surface area contributed by atoms with Gasteiger partial charge < -0.3 is 4.42 Å². The Morgan fingerprint density at radius 1 is 1.10 bits per heavy atom. The summed E-state index contributed by atoms with van der Waals surface area (Å²) in [6.45, 7) is 1.85. The highest BCUT2D eigenvalue weighted by molar-refractivity contribution is 8.16. The maximum atomic E-state index is 14.9. The second-order valence-electron chi connectivity index (χ2n) is 6.44. The lowest BCUT2D eigenvalue weighted by atomic mass is 10.2. The zero-order valence-electron chi connectivity index (χ0n) is 16.1. The molecule has 0 saturated carbocycles. The second kappa shape index (κ2) is 7.69. The van der Waals surface area contributed by atoms with Crippen molar-refractivity contribution in [3.8, 4) is 5.69 Å². The number of halogens is 5. The number of rotatable bonds is 4. The maximum absolute atomic E-state index is 14.9. The molecular weight excluding hydrogens is 468 g/mol. The lowest BCUT2D eigenvalue weighted by molar-refractivity contribution is -0.144. The molecule has 0 fully saturated rings. The summed E-state index contributed by atoms with van der Waals surface area (Å²) in [5.41, 5.74) is -4.96. The van der Waals surface area contributed by atoms with E-state index in [1.54, 1.807) is 6.07 Å². The van der Waals surface area contributed by atoms with Crippen LogP contribution in [-0.4, -0.2) is 21.6 Å². The molecule has 30 heavy (non-hydrogen) atoms. The summed E-state index contributed by atoms with van der Waals surface area (Å²) < 4.78 is 60.0. The van der Waals surface area contributed by atoms with E-state index in [9.17, 15) is 27.2 Å². The third-order valence-corrected chi connectivity index (χ3v) is 8.02. The van der Waals surface area contributed by atoms with Crippen molar-refractivity contribution in [3.63, 3.8) is 0 Å². The summed E-state index contributed by atoms with van der Waals surface area (Å²) >= 11 is 9.01. The normalized spacial score (nSPS) is 12.7. The molecule has 3 aromatic rings. The number of thioether (sulfide) groups is 2. The Hall–Kier alpha value is -1.85. The standard InChI is InChI=1S/C18H15ClF4N2O3S2/c1-17(29-3,30-4)12-5-8-9(19)6-10(20)14(15(8)28-12)25-13(26)7-11(18(21,22)23)24(2)16(25)27/h5-7H,1-4H3. The van der Waals surface area contributed by atoms with Gasteiger partial charge in [-0.1, -0.05) is 11.6 Å². The molecule has 0 bridgehead atoms. The number of hydrogen-bond acceptors (Lipinski definition) is 5. The zero-order chi connectivity index (χ0) is 22.6. The first-order chi connectivity index (χ1) is 13.9. The first-order valence-corrected chi connectivity index (χ1v) is 11.1. The van der Waals surface area contributed by atoms with Gasteiger partial charge in [-0.2, -0.15) is 13.2 Å². The Labute approximate surface area is 181 Å². The Balaban J connectivity index is 2.44. The fraction of sp³-hybridized carbons (Fsp3) is 0.333. The molecule has 0 N–H and O–H groups in total. The average Bonchev–Trinajstić information content (AvgIpc) is 3.12. The van der Waals surface area contributed by atoms with Crippen LogP contribution in [-0.2, 0) is 17.3 Å². The molecule has 0 aliphatic rings. The molecule has 0 aliphatic heterocycles. The zero-order valence-corrected chi connectivity index (χ0v) is 18.4. The predicted octanol–water partition coefficient (Wildman–Crippen LogP) is 4.99. The third kappa shape index (κ3) is 3.56. The summed E-state index contributed by atoms with van der Waals surface area (Å²) in [7, 11) is 0.845. The molecule has 0 atom stereocenters. The minimum absolute atomic E-state index is 0.0254. The van der Waals surface area contributed by atoms with Crippen LogP contribution in [0.5, 0.6) is 0 Å². The fourth-order valence-electron chi connectivity index (χ4n) is 2.93. The Kier molecular flexibility index (Phi) is 5.85. The average molecular weight is 483 g/mol. The van der Waals surface area contributed by atoms with Crippen LogP contribution in [0.15, 0.2) is 32.2 Å². The van der Waals surface area contributed by atoms with Crippen molar-refractivity contribution in [2.24, 2.45) is 7.05 Å². The minimum atomic E-state index is -4.93. The Bertz CT molecular complexity index is 1260. The number of aromatic nitrogens is 2. The first-order valence-electron chi connectivity index (χ1n) is 8.28. The topological polar surface area (TPSA) is 57.1 Å². The van der Waals surface area contributed by atoms with Gasteiger partial charge in [0.15, 0.2) is 11.4 Å². The van der Waals surface area contributed by atoms with Crippen LogP contribution >= 0.6 is 35.1 Å². The van der Waals surface area contributed by atoms with Gasteiger partial charge in [-0.15, -0.1) is 23.5 Å². The predicted molar refractivity (Wildman–Crippen MR) is 111 cm³/mol. The van der Waals surface area contributed by atoms with E-state index in [1.165, 1.54) is 23.5 Å². The number of alkyl halides is 3. The van der Waals surface area contributed by atoms with E-state index in [0.717, 1.165) is 13.1 Å². The molecule has 1 aromatic carbocycles. The van der Waals surface area contributed by atoms with Crippen molar-refractivity contribution in [1.29, 1.82) is 0 Å². The molecule has 0 aliphatic carbocycles. The highest BCUT2D eigenvalue weighted by atomic mass is 35.5. The molecule has 0 unspecified atom stereocenters. The smallest absolute Gasteiger partial charge is 0.431 e. The number of nitrogens with zero attached hydrogens (tertiary/aromatic N) is 2. The summed E-state index contributed by atoms with van der Waals surface area (Å²) in [6.07, 6.45) is -1.26. The molecule has 0 radical (unpaired) electrons. The summed E-state index contributed by atoms with van der Waals surface area (Å²) in [6, 6.07) is 2.68. The van der Waals surface area contributed by atoms with E-state index >= 15 is 0 Å². The van der Waals surface area contributed by atoms with E-state index in [1.807, 2.05) is 19.4 Å². The van der Waals surface area contributed by atoms with E-state index in [-0.39, 0.29) is 26.6 Å². The Morgan fingerprint density at radius 2 is 1.70 bits per heavy atom. The van der Waals surface area contributed by atoms with Crippen molar-refractivity contribution in [2.45, 2.75) is 17.2 Å². The number of hydrogen-bond donors (Lipinski definition) is 0. The van der Waals surface area contributed by atoms with Crippen molar-refractivity contribution in [1.82, 2.24) is 9.13 Å². The van der Waals surface area contributed by atoms with E-state index in [4.69, 9.17) is 16.0 Å². The molecule has 5 nitrogen and oxygen atoms in total. The van der Waals surface area contributed by atoms with Crippen LogP contribution in [0, 0.1) is 5.82 Å².